The van der Waals surface area contributed by atoms with E-state index in [0.717, 1.165) is 26.2 Å². The third-order valence-corrected chi connectivity index (χ3v) is 3.19. The van der Waals surface area contributed by atoms with Crippen LogP contribution in [-0.4, -0.2) is 48.9 Å². The summed E-state index contributed by atoms with van der Waals surface area (Å²) in [5.74, 6) is -0.507. The van der Waals surface area contributed by atoms with Gasteiger partial charge in [0, 0.05) is 20.1 Å². The van der Waals surface area contributed by atoms with Crippen molar-refractivity contribution in [3.8, 4) is 6.07 Å². The quantitative estimate of drug-likeness (QED) is 0.701. The summed E-state index contributed by atoms with van der Waals surface area (Å²) < 4.78 is 0. The summed E-state index contributed by atoms with van der Waals surface area (Å²) >= 11 is 0. The van der Waals surface area contributed by atoms with E-state index < -0.39 is 5.92 Å². The molecule has 1 atom stereocenters. The second kappa shape index (κ2) is 6.49. The third kappa shape index (κ3) is 3.49. The van der Waals surface area contributed by atoms with Crippen LogP contribution < -0.4 is 0 Å². The number of carbonyl (C=O) groups is 1. The lowest BCUT2D eigenvalue weighted by Crippen LogP contribution is -2.38. The van der Waals surface area contributed by atoms with E-state index >= 15 is 0 Å². The molecular weight excluding hydrogens is 202 g/mol. The number of nitriles is 1. The van der Waals surface area contributed by atoms with Gasteiger partial charge in [-0.25, -0.2) is 0 Å². The molecule has 0 aromatic heterocycles. The maximum atomic E-state index is 11.8. The summed E-state index contributed by atoms with van der Waals surface area (Å²) in [4.78, 5) is 15.9. The molecule has 4 heteroatoms. The van der Waals surface area contributed by atoms with Gasteiger partial charge in [-0.15, -0.1) is 0 Å². The van der Waals surface area contributed by atoms with Gasteiger partial charge in [0.25, 0.3) is 0 Å². The van der Waals surface area contributed by atoms with Crippen LogP contribution in [0.4, 0.5) is 0 Å². The Morgan fingerprint density at radius 3 is 2.62 bits per heavy atom. The highest BCUT2D eigenvalue weighted by atomic mass is 16.2. The molecule has 0 aliphatic carbocycles. The predicted molar refractivity (Wildman–Crippen MR) is 62.7 cm³/mol. The topological polar surface area (TPSA) is 47.3 Å². The lowest BCUT2D eigenvalue weighted by atomic mass is 10.1. The summed E-state index contributed by atoms with van der Waals surface area (Å²) in [6.07, 6.45) is 3.14. The Labute approximate surface area is 97.8 Å². The molecule has 0 aromatic carbocycles. The molecule has 1 heterocycles. The highest BCUT2D eigenvalue weighted by Gasteiger charge is 2.20. The number of likely N-dealkylation sites (N-methyl/N-ethyl adjacent to an activating group) is 1. The van der Waals surface area contributed by atoms with Crippen molar-refractivity contribution < 1.29 is 4.79 Å². The number of amides is 1. The Balaban J connectivity index is 2.30. The lowest BCUT2D eigenvalue weighted by Gasteiger charge is -2.22. The zero-order valence-corrected chi connectivity index (χ0v) is 10.3. The van der Waals surface area contributed by atoms with Gasteiger partial charge in [0.15, 0.2) is 0 Å². The highest BCUT2D eigenvalue weighted by Crippen LogP contribution is 2.08. The molecule has 1 aliphatic rings. The standard InChI is InChI=1S/C12H21N3O/c1-3-11(10-13)12(16)14(2)8-9-15-6-4-5-7-15/h11H,3-9H2,1-2H3. The number of hydrogen-bond donors (Lipinski definition) is 0. The Kier molecular flexibility index (Phi) is 5.27. The number of nitrogens with zero attached hydrogens (tertiary/aromatic N) is 3. The van der Waals surface area contributed by atoms with Crippen molar-refractivity contribution >= 4 is 5.91 Å². The van der Waals surface area contributed by atoms with Gasteiger partial charge in [0.1, 0.15) is 5.92 Å². The van der Waals surface area contributed by atoms with Crippen molar-refractivity contribution in [1.29, 1.82) is 5.26 Å². The Bertz CT molecular complexity index is 266. The van der Waals surface area contributed by atoms with Gasteiger partial charge in [0.05, 0.1) is 6.07 Å². The molecular formula is C12H21N3O. The SMILES string of the molecule is CCC(C#N)C(=O)N(C)CCN1CCCC1. The van der Waals surface area contributed by atoms with Gasteiger partial charge in [-0.1, -0.05) is 6.92 Å². The van der Waals surface area contributed by atoms with Gasteiger partial charge >= 0.3 is 0 Å². The molecule has 1 saturated heterocycles. The minimum Gasteiger partial charge on any atom is -0.343 e. The predicted octanol–water partition coefficient (Wildman–Crippen LogP) is 1.09. The van der Waals surface area contributed by atoms with Crippen molar-refractivity contribution in [1.82, 2.24) is 9.80 Å². The van der Waals surface area contributed by atoms with Crippen LogP contribution in [-0.2, 0) is 4.79 Å². The van der Waals surface area contributed by atoms with Crippen molar-refractivity contribution in [3.05, 3.63) is 0 Å². The van der Waals surface area contributed by atoms with Crippen LogP contribution in [0.5, 0.6) is 0 Å². The van der Waals surface area contributed by atoms with E-state index in [0.29, 0.717) is 6.42 Å². The average Bonchev–Trinajstić information content (AvgIpc) is 2.80. The van der Waals surface area contributed by atoms with Crippen LogP contribution in [0, 0.1) is 17.2 Å². The third-order valence-electron chi connectivity index (χ3n) is 3.19. The zero-order valence-electron chi connectivity index (χ0n) is 10.3. The van der Waals surface area contributed by atoms with Gasteiger partial charge in [0.2, 0.25) is 5.91 Å². The summed E-state index contributed by atoms with van der Waals surface area (Å²) in [6.45, 7) is 5.84. The van der Waals surface area contributed by atoms with Crippen LogP contribution in [0.3, 0.4) is 0 Å². The van der Waals surface area contributed by atoms with Crippen molar-refractivity contribution in [3.63, 3.8) is 0 Å². The minimum atomic E-state index is -0.469. The monoisotopic (exact) mass is 223 g/mol. The Morgan fingerprint density at radius 2 is 2.12 bits per heavy atom. The first kappa shape index (κ1) is 13.0. The van der Waals surface area contributed by atoms with Crippen LogP contribution >= 0.6 is 0 Å². The molecule has 0 aromatic rings. The molecule has 1 rings (SSSR count). The summed E-state index contributed by atoms with van der Waals surface area (Å²) in [6, 6.07) is 2.06. The first-order valence-electron chi connectivity index (χ1n) is 6.06. The molecule has 90 valence electrons. The maximum Gasteiger partial charge on any atom is 0.239 e. The fraction of sp³-hybridized carbons (Fsp3) is 0.833. The average molecular weight is 223 g/mol. The van der Waals surface area contributed by atoms with Crippen LogP contribution in [0.15, 0.2) is 0 Å². The molecule has 1 aliphatic heterocycles. The van der Waals surface area contributed by atoms with Gasteiger partial charge in [-0.2, -0.15) is 5.26 Å². The van der Waals surface area contributed by atoms with Gasteiger partial charge in [-0.05, 0) is 32.4 Å². The van der Waals surface area contributed by atoms with E-state index in [-0.39, 0.29) is 5.91 Å². The van der Waals surface area contributed by atoms with Gasteiger partial charge < -0.3 is 9.80 Å². The molecule has 0 N–H and O–H groups in total. The molecule has 1 amide bonds. The molecule has 0 spiro atoms. The van der Waals surface area contributed by atoms with E-state index in [1.807, 2.05) is 6.92 Å². The zero-order chi connectivity index (χ0) is 12.0. The molecule has 16 heavy (non-hydrogen) atoms. The van der Waals surface area contributed by atoms with Crippen LogP contribution in [0.1, 0.15) is 26.2 Å². The molecule has 1 fully saturated rings. The summed E-state index contributed by atoms with van der Waals surface area (Å²) in [5.41, 5.74) is 0. The molecule has 1 unspecified atom stereocenters. The molecule has 0 saturated carbocycles. The largest absolute Gasteiger partial charge is 0.343 e. The first-order valence-corrected chi connectivity index (χ1v) is 6.06. The fourth-order valence-electron chi connectivity index (χ4n) is 2.00. The van der Waals surface area contributed by atoms with E-state index in [2.05, 4.69) is 11.0 Å². The smallest absolute Gasteiger partial charge is 0.239 e. The van der Waals surface area contributed by atoms with E-state index in [1.54, 1.807) is 11.9 Å². The molecule has 0 radical (unpaired) electrons. The first-order chi connectivity index (χ1) is 7.69. The Morgan fingerprint density at radius 1 is 1.50 bits per heavy atom. The van der Waals surface area contributed by atoms with Gasteiger partial charge in [-0.3, -0.25) is 4.79 Å². The maximum absolute atomic E-state index is 11.8. The minimum absolute atomic E-state index is 0.0378. The normalized spacial score (nSPS) is 18.1. The van der Waals surface area contributed by atoms with Crippen LogP contribution in [0.25, 0.3) is 0 Å². The number of carbonyl (C=O) groups excluding carboxylic acids is 1. The van der Waals surface area contributed by atoms with Crippen molar-refractivity contribution in [2.24, 2.45) is 5.92 Å². The second-order valence-electron chi connectivity index (χ2n) is 4.40. The van der Waals surface area contributed by atoms with E-state index in [9.17, 15) is 4.79 Å². The highest BCUT2D eigenvalue weighted by molar-refractivity contribution is 5.80. The number of likely N-dealkylation sites (tertiary alicyclic amines) is 1. The van der Waals surface area contributed by atoms with Crippen molar-refractivity contribution in [2.75, 3.05) is 33.2 Å². The van der Waals surface area contributed by atoms with Crippen molar-refractivity contribution in [2.45, 2.75) is 26.2 Å². The number of rotatable bonds is 5. The van der Waals surface area contributed by atoms with Crippen LogP contribution in [0.2, 0.25) is 0 Å². The lowest BCUT2D eigenvalue weighted by molar-refractivity contribution is -0.132. The second-order valence-corrected chi connectivity index (χ2v) is 4.40. The summed E-state index contributed by atoms with van der Waals surface area (Å²) in [5, 5.41) is 8.82. The molecule has 4 nitrogen and oxygen atoms in total. The number of hydrogen-bond acceptors (Lipinski definition) is 3. The summed E-state index contributed by atoms with van der Waals surface area (Å²) in [7, 11) is 1.79. The van der Waals surface area contributed by atoms with E-state index in [1.165, 1.54) is 12.8 Å². The fourth-order valence-corrected chi connectivity index (χ4v) is 2.00. The Hall–Kier alpha value is -1.08. The molecule has 0 bridgehead atoms. The van der Waals surface area contributed by atoms with E-state index in [4.69, 9.17) is 5.26 Å².